The van der Waals surface area contributed by atoms with E-state index in [1.807, 2.05) is 0 Å². The average molecular weight is 184 g/mol. The summed E-state index contributed by atoms with van der Waals surface area (Å²) in [5.74, 6) is 0.980. The summed E-state index contributed by atoms with van der Waals surface area (Å²) in [4.78, 5) is 3.97. The van der Waals surface area contributed by atoms with Crippen molar-refractivity contribution in [1.29, 1.82) is 5.41 Å². The third kappa shape index (κ3) is 1.34. The molecular weight excluding hydrogens is 172 g/mol. The van der Waals surface area contributed by atoms with Gasteiger partial charge in [0.05, 0.1) is 5.37 Å². The molecule has 2 rings (SSSR count). The van der Waals surface area contributed by atoms with Crippen molar-refractivity contribution in [2.45, 2.75) is 18.2 Å². The number of piperidine rings is 1. The second-order valence-electron chi connectivity index (χ2n) is 3.08. The molecule has 0 amide bonds. The van der Waals surface area contributed by atoms with Crippen molar-refractivity contribution in [2.24, 2.45) is 16.6 Å². The fraction of sp³-hybridized carbons (Fsp3) is 0.714. The van der Waals surface area contributed by atoms with Crippen molar-refractivity contribution < 1.29 is 0 Å². The maximum absolute atomic E-state index is 7.40. The van der Waals surface area contributed by atoms with Gasteiger partial charge in [-0.3, -0.25) is 5.41 Å². The molecule has 2 aliphatic rings. The van der Waals surface area contributed by atoms with E-state index >= 15 is 0 Å². The molecule has 5 heteroatoms. The number of nitrogens with one attached hydrogen (secondary N) is 2. The van der Waals surface area contributed by atoms with Gasteiger partial charge >= 0.3 is 0 Å². The number of rotatable bonds is 0. The van der Waals surface area contributed by atoms with Crippen molar-refractivity contribution in [1.82, 2.24) is 5.32 Å². The molecular formula is C7H12N4S. The number of amidine groups is 2. The van der Waals surface area contributed by atoms with E-state index in [0.29, 0.717) is 22.3 Å². The molecule has 0 radical (unpaired) electrons. The maximum Gasteiger partial charge on any atom is 0.183 e. The summed E-state index contributed by atoms with van der Waals surface area (Å²) in [6, 6.07) is 0. The van der Waals surface area contributed by atoms with E-state index in [1.54, 1.807) is 0 Å². The van der Waals surface area contributed by atoms with E-state index in [4.69, 9.17) is 11.1 Å². The van der Waals surface area contributed by atoms with Gasteiger partial charge < -0.3 is 11.1 Å². The lowest BCUT2D eigenvalue weighted by molar-refractivity contribution is 0.427. The van der Waals surface area contributed by atoms with Gasteiger partial charge in [0.1, 0.15) is 5.84 Å². The van der Waals surface area contributed by atoms with Crippen molar-refractivity contribution in [3.63, 3.8) is 0 Å². The minimum Gasteiger partial charge on any atom is -0.387 e. The zero-order valence-electron chi connectivity index (χ0n) is 6.71. The molecule has 0 aromatic carbocycles. The van der Waals surface area contributed by atoms with E-state index in [2.05, 4.69) is 10.3 Å². The maximum atomic E-state index is 7.40. The molecule has 0 saturated carbocycles. The van der Waals surface area contributed by atoms with E-state index in [9.17, 15) is 0 Å². The number of hydrogen-bond donors (Lipinski definition) is 3. The normalized spacial score (nSPS) is 35.7. The van der Waals surface area contributed by atoms with E-state index in [1.165, 1.54) is 11.8 Å². The van der Waals surface area contributed by atoms with Gasteiger partial charge in [0.2, 0.25) is 0 Å². The Morgan fingerprint density at radius 2 is 2.50 bits per heavy atom. The van der Waals surface area contributed by atoms with Gasteiger partial charge in [0.25, 0.3) is 0 Å². The fourth-order valence-electron chi connectivity index (χ4n) is 1.63. The van der Waals surface area contributed by atoms with Crippen LogP contribution in [0.4, 0.5) is 0 Å². The summed E-state index contributed by atoms with van der Waals surface area (Å²) in [6.45, 7) is 1.04. The van der Waals surface area contributed by atoms with Crippen LogP contribution in [0.15, 0.2) is 4.99 Å². The minimum atomic E-state index is 0.295. The third-order valence-electron chi connectivity index (χ3n) is 2.25. The monoisotopic (exact) mass is 184 g/mol. The van der Waals surface area contributed by atoms with Crippen LogP contribution in [0.1, 0.15) is 12.8 Å². The Balaban J connectivity index is 2.19. The Morgan fingerprint density at radius 3 is 3.33 bits per heavy atom. The van der Waals surface area contributed by atoms with Gasteiger partial charge in [-0.2, -0.15) is 0 Å². The first-order chi connectivity index (χ1) is 5.77. The van der Waals surface area contributed by atoms with E-state index in [-0.39, 0.29) is 0 Å². The molecule has 2 aliphatic heterocycles. The van der Waals surface area contributed by atoms with Crippen LogP contribution in [0.5, 0.6) is 0 Å². The second kappa shape index (κ2) is 3.06. The first-order valence-electron chi connectivity index (χ1n) is 4.10. The largest absolute Gasteiger partial charge is 0.387 e. The molecule has 2 heterocycles. The summed E-state index contributed by atoms with van der Waals surface area (Å²) >= 11 is 1.48. The summed E-state index contributed by atoms with van der Waals surface area (Å²) in [6.07, 6.45) is 2.26. The molecule has 0 bridgehead atoms. The van der Waals surface area contributed by atoms with Crippen LogP contribution >= 0.6 is 11.8 Å². The summed E-state index contributed by atoms with van der Waals surface area (Å²) < 4.78 is 0. The van der Waals surface area contributed by atoms with Gasteiger partial charge in [0, 0.05) is 5.92 Å². The highest BCUT2D eigenvalue weighted by molar-refractivity contribution is 8.14. The number of thioether (sulfide) groups is 1. The molecule has 66 valence electrons. The second-order valence-corrected chi connectivity index (χ2v) is 4.21. The molecule has 1 saturated heterocycles. The number of nitrogens with zero attached hydrogens (tertiary/aromatic N) is 1. The van der Waals surface area contributed by atoms with Crippen molar-refractivity contribution in [2.75, 3.05) is 6.54 Å². The van der Waals surface area contributed by atoms with Gasteiger partial charge in [-0.15, -0.1) is 0 Å². The van der Waals surface area contributed by atoms with Gasteiger partial charge in [-0.05, 0) is 19.4 Å². The zero-order valence-corrected chi connectivity index (χ0v) is 7.53. The molecule has 2 unspecified atom stereocenters. The fourth-order valence-corrected chi connectivity index (χ4v) is 2.67. The van der Waals surface area contributed by atoms with Gasteiger partial charge in [0.15, 0.2) is 5.17 Å². The number of aliphatic imine (C=N–C) groups is 1. The summed E-state index contributed by atoms with van der Waals surface area (Å²) in [5.41, 5.74) is 5.74. The topological polar surface area (TPSA) is 74.3 Å². The van der Waals surface area contributed by atoms with Crippen LogP contribution in [0.3, 0.4) is 0 Å². The lowest BCUT2D eigenvalue weighted by atomic mass is 9.98. The summed E-state index contributed by atoms with van der Waals surface area (Å²) in [5, 5.41) is 11.4. The SMILES string of the molecule is N=C1N=C(N)C2CCCNC2S1. The Bertz CT molecular complexity index is 238. The summed E-state index contributed by atoms with van der Waals surface area (Å²) in [7, 11) is 0. The highest BCUT2D eigenvalue weighted by atomic mass is 32.2. The Kier molecular flexibility index (Phi) is 2.06. The van der Waals surface area contributed by atoms with Crippen molar-refractivity contribution in [3.8, 4) is 0 Å². The van der Waals surface area contributed by atoms with Crippen LogP contribution < -0.4 is 11.1 Å². The first kappa shape index (κ1) is 8.07. The standard InChI is InChI=1S/C7H12N4S/c8-5-4-2-1-3-10-6(4)12-7(9)11-5/h4,6,10H,1-3H2,(H3,8,9,11). The molecule has 0 aromatic rings. The molecule has 4 N–H and O–H groups in total. The van der Waals surface area contributed by atoms with Crippen LogP contribution in [-0.2, 0) is 0 Å². The highest BCUT2D eigenvalue weighted by Crippen LogP contribution is 2.29. The number of fused-ring (bicyclic) bond motifs is 1. The van der Waals surface area contributed by atoms with Crippen LogP contribution in [0.2, 0.25) is 0 Å². The Labute approximate surface area is 75.5 Å². The molecule has 0 aromatic heterocycles. The molecule has 0 spiro atoms. The lowest BCUT2D eigenvalue weighted by Gasteiger charge is -2.33. The average Bonchev–Trinajstić information content (AvgIpc) is 2.04. The van der Waals surface area contributed by atoms with Crippen molar-refractivity contribution >= 4 is 22.8 Å². The van der Waals surface area contributed by atoms with E-state index in [0.717, 1.165) is 19.4 Å². The Morgan fingerprint density at radius 1 is 1.67 bits per heavy atom. The minimum absolute atomic E-state index is 0.295. The first-order valence-corrected chi connectivity index (χ1v) is 4.98. The molecule has 0 aliphatic carbocycles. The molecule has 2 atom stereocenters. The smallest absolute Gasteiger partial charge is 0.183 e. The van der Waals surface area contributed by atoms with Gasteiger partial charge in [-0.1, -0.05) is 11.8 Å². The molecule has 12 heavy (non-hydrogen) atoms. The van der Waals surface area contributed by atoms with Crippen molar-refractivity contribution in [3.05, 3.63) is 0 Å². The number of hydrogen-bond acceptors (Lipinski definition) is 4. The molecule has 4 nitrogen and oxygen atoms in total. The third-order valence-corrected chi connectivity index (χ3v) is 3.32. The lowest BCUT2D eigenvalue weighted by Crippen LogP contribution is -2.47. The predicted molar refractivity (Wildman–Crippen MR) is 51.5 cm³/mol. The van der Waals surface area contributed by atoms with Crippen LogP contribution in [0.25, 0.3) is 0 Å². The quantitative estimate of drug-likeness (QED) is 0.508. The van der Waals surface area contributed by atoms with E-state index < -0.39 is 0 Å². The van der Waals surface area contributed by atoms with Crippen LogP contribution in [0, 0.1) is 11.3 Å². The number of nitrogens with two attached hydrogens (primary N) is 1. The van der Waals surface area contributed by atoms with Crippen LogP contribution in [-0.4, -0.2) is 22.9 Å². The highest BCUT2D eigenvalue weighted by Gasteiger charge is 2.32. The Hall–Kier alpha value is -0.550. The predicted octanol–water partition coefficient (Wildman–Crippen LogP) is 0.351. The zero-order chi connectivity index (χ0) is 8.55. The van der Waals surface area contributed by atoms with Gasteiger partial charge in [-0.25, -0.2) is 4.99 Å². The molecule has 1 fully saturated rings.